The molecule has 8 heteroatoms. The molecular formula is C17H19BrN2O5. The normalized spacial score (nSPS) is 12.2. The first-order valence-electron chi connectivity index (χ1n) is 7.74. The average Bonchev–Trinajstić information content (AvgIpc) is 3.08. The highest BCUT2D eigenvalue weighted by atomic mass is 79.9. The Kier molecular flexibility index (Phi) is 6.72. The summed E-state index contributed by atoms with van der Waals surface area (Å²) in [5, 5.41) is 13.8. The number of ether oxygens (including phenoxy) is 1. The molecule has 0 spiro atoms. The number of nitro groups is 1. The maximum absolute atomic E-state index is 12.5. The number of benzene rings is 1. The van der Waals surface area contributed by atoms with Crippen molar-refractivity contribution in [3.05, 3.63) is 62.5 Å². The van der Waals surface area contributed by atoms with E-state index in [4.69, 9.17) is 9.15 Å². The molecule has 25 heavy (non-hydrogen) atoms. The van der Waals surface area contributed by atoms with Crippen LogP contribution in [-0.2, 0) is 4.74 Å². The van der Waals surface area contributed by atoms with Crippen LogP contribution in [0.15, 0.2) is 45.5 Å². The molecule has 134 valence electrons. The standard InChI is InChI=1S/C17H19BrN2O5/c1-11(2)9-24-10-14(16-4-3-7-25-16)19-17(21)12-5-6-13(18)15(8-12)20(22)23/h3-8,11,14H,9-10H2,1-2H3,(H,19,21)/t14-/m0/s1. The summed E-state index contributed by atoms with van der Waals surface area (Å²) in [7, 11) is 0. The lowest BCUT2D eigenvalue weighted by atomic mass is 10.1. The molecule has 0 radical (unpaired) electrons. The molecule has 0 unspecified atom stereocenters. The Morgan fingerprint density at radius 2 is 2.12 bits per heavy atom. The molecule has 0 aliphatic carbocycles. The summed E-state index contributed by atoms with van der Waals surface area (Å²) < 4.78 is 11.3. The molecule has 0 fully saturated rings. The molecule has 0 saturated heterocycles. The van der Waals surface area contributed by atoms with E-state index in [0.717, 1.165) is 0 Å². The van der Waals surface area contributed by atoms with Gasteiger partial charge < -0.3 is 14.5 Å². The lowest BCUT2D eigenvalue weighted by Crippen LogP contribution is -2.31. The summed E-state index contributed by atoms with van der Waals surface area (Å²) >= 11 is 3.10. The van der Waals surface area contributed by atoms with Crippen molar-refractivity contribution in [2.24, 2.45) is 5.92 Å². The Hall–Kier alpha value is -2.19. The molecule has 2 aromatic rings. The van der Waals surface area contributed by atoms with Crippen LogP contribution in [0.2, 0.25) is 0 Å². The highest BCUT2D eigenvalue weighted by Crippen LogP contribution is 2.26. The SMILES string of the molecule is CC(C)COC[C@H](NC(=O)c1ccc(Br)c([N+](=O)[O-])c1)c1ccco1. The van der Waals surface area contributed by atoms with Gasteiger partial charge in [-0.1, -0.05) is 13.8 Å². The van der Waals surface area contributed by atoms with Crippen molar-refractivity contribution in [1.82, 2.24) is 5.32 Å². The molecule has 0 aliphatic rings. The molecular weight excluding hydrogens is 392 g/mol. The number of carbonyl (C=O) groups excluding carboxylic acids is 1. The Balaban J connectivity index is 2.13. The fourth-order valence-corrected chi connectivity index (χ4v) is 2.53. The number of nitro benzene ring substituents is 1. The number of hydrogen-bond donors (Lipinski definition) is 1. The zero-order valence-corrected chi connectivity index (χ0v) is 15.5. The predicted octanol–water partition coefficient (Wildman–Crippen LogP) is 4.09. The molecule has 1 amide bonds. The summed E-state index contributed by atoms with van der Waals surface area (Å²) in [6.45, 7) is 4.86. The molecule has 0 bridgehead atoms. The second-order valence-corrected chi connectivity index (χ2v) is 6.75. The van der Waals surface area contributed by atoms with E-state index in [9.17, 15) is 14.9 Å². The van der Waals surface area contributed by atoms with Crippen molar-refractivity contribution in [2.45, 2.75) is 19.9 Å². The van der Waals surface area contributed by atoms with Gasteiger partial charge in [0.2, 0.25) is 0 Å². The number of amides is 1. The number of nitrogens with zero attached hydrogens (tertiary/aromatic N) is 1. The average molecular weight is 411 g/mol. The molecule has 7 nitrogen and oxygen atoms in total. The van der Waals surface area contributed by atoms with Crippen LogP contribution in [0.1, 0.15) is 36.0 Å². The zero-order chi connectivity index (χ0) is 18.4. The van der Waals surface area contributed by atoms with Crippen LogP contribution in [-0.4, -0.2) is 24.0 Å². The van der Waals surface area contributed by atoms with Crippen LogP contribution in [0.3, 0.4) is 0 Å². The van der Waals surface area contributed by atoms with Crippen LogP contribution in [0, 0.1) is 16.0 Å². The number of furan rings is 1. The Morgan fingerprint density at radius 1 is 1.36 bits per heavy atom. The molecule has 1 atom stereocenters. The predicted molar refractivity (Wildman–Crippen MR) is 95.4 cm³/mol. The number of carbonyl (C=O) groups is 1. The van der Waals surface area contributed by atoms with Crippen LogP contribution >= 0.6 is 15.9 Å². The van der Waals surface area contributed by atoms with Crippen LogP contribution in [0.5, 0.6) is 0 Å². The van der Waals surface area contributed by atoms with E-state index >= 15 is 0 Å². The number of hydrogen-bond acceptors (Lipinski definition) is 5. The third-order valence-electron chi connectivity index (χ3n) is 3.33. The topological polar surface area (TPSA) is 94.6 Å². The van der Waals surface area contributed by atoms with Gasteiger partial charge in [0.1, 0.15) is 11.8 Å². The molecule has 1 aromatic carbocycles. The number of halogens is 1. The monoisotopic (exact) mass is 410 g/mol. The van der Waals surface area contributed by atoms with Crippen molar-refractivity contribution < 1.29 is 18.9 Å². The van der Waals surface area contributed by atoms with Gasteiger partial charge in [-0.2, -0.15) is 0 Å². The molecule has 1 aromatic heterocycles. The second kappa shape index (κ2) is 8.77. The first kappa shape index (κ1) is 19.1. The van der Waals surface area contributed by atoms with Gasteiger partial charge in [0, 0.05) is 18.2 Å². The zero-order valence-electron chi connectivity index (χ0n) is 13.9. The Bertz CT molecular complexity index is 731. The van der Waals surface area contributed by atoms with E-state index in [1.165, 1.54) is 24.5 Å². The summed E-state index contributed by atoms with van der Waals surface area (Å²) in [5.41, 5.74) is 0.0218. The summed E-state index contributed by atoms with van der Waals surface area (Å²) in [6, 6.07) is 7.21. The van der Waals surface area contributed by atoms with Gasteiger partial charge in [-0.3, -0.25) is 14.9 Å². The van der Waals surface area contributed by atoms with Gasteiger partial charge in [-0.25, -0.2) is 0 Å². The number of nitrogens with one attached hydrogen (secondary N) is 1. The lowest BCUT2D eigenvalue weighted by Gasteiger charge is -2.18. The summed E-state index contributed by atoms with van der Waals surface area (Å²) in [6.07, 6.45) is 1.52. The van der Waals surface area contributed by atoms with E-state index in [2.05, 4.69) is 21.2 Å². The van der Waals surface area contributed by atoms with Crippen molar-refractivity contribution in [3.8, 4) is 0 Å². The Morgan fingerprint density at radius 3 is 2.72 bits per heavy atom. The smallest absolute Gasteiger partial charge is 0.284 e. The van der Waals surface area contributed by atoms with Gasteiger partial charge in [0.25, 0.3) is 11.6 Å². The molecule has 1 N–H and O–H groups in total. The minimum absolute atomic E-state index is 0.168. The van der Waals surface area contributed by atoms with E-state index in [-0.39, 0.29) is 17.9 Å². The van der Waals surface area contributed by atoms with Crippen molar-refractivity contribution in [1.29, 1.82) is 0 Å². The largest absolute Gasteiger partial charge is 0.467 e. The van der Waals surface area contributed by atoms with Crippen LogP contribution in [0.4, 0.5) is 5.69 Å². The van der Waals surface area contributed by atoms with E-state index in [1.54, 1.807) is 12.1 Å². The molecule has 0 aliphatic heterocycles. The first-order valence-corrected chi connectivity index (χ1v) is 8.53. The van der Waals surface area contributed by atoms with Gasteiger partial charge in [0.05, 0.1) is 22.3 Å². The maximum Gasteiger partial charge on any atom is 0.284 e. The fourth-order valence-electron chi connectivity index (χ4n) is 2.14. The summed E-state index contributed by atoms with van der Waals surface area (Å²) in [4.78, 5) is 23.0. The van der Waals surface area contributed by atoms with E-state index < -0.39 is 16.9 Å². The van der Waals surface area contributed by atoms with Gasteiger partial charge in [-0.05, 0) is 46.1 Å². The van der Waals surface area contributed by atoms with Crippen molar-refractivity contribution in [3.63, 3.8) is 0 Å². The van der Waals surface area contributed by atoms with Gasteiger partial charge >= 0.3 is 0 Å². The third kappa shape index (κ3) is 5.40. The number of rotatable bonds is 8. The van der Waals surface area contributed by atoms with Crippen molar-refractivity contribution in [2.75, 3.05) is 13.2 Å². The second-order valence-electron chi connectivity index (χ2n) is 5.90. The van der Waals surface area contributed by atoms with Crippen LogP contribution in [0.25, 0.3) is 0 Å². The van der Waals surface area contributed by atoms with Gasteiger partial charge in [-0.15, -0.1) is 0 Å². The van der Waals surface area contributed by atoms with E-state index in [0.29, 0.717) is 22.8 Å². The minimum Gasteiger partial charge on any atom is -0.467 e. The maximum atomic E-state index is 12.5. The fraction of sp³-hybridized carbons (Fsp3) is 0.353. The van der Waals surface area contributed by atoms with E-state index in [1.807, 2.05) is 13.8 Å². The van der Waals surface area contributed by atoms with Crippen molar-refractivity contribution >= 4 is 27.5 Å². The summed E-state index contributed by atoms with van der Waals surface area (Å²) in [5.74, 6) is 0.482. The van der Waals surface area contributed by atoms with Gasteiger partial charge in [0.15, 0.2) is 0 Å². The highest BCUT2D eigenvalue weighted by Gasteiger charge is 2.21. The molecule has 2 rings (SSSR count). The van der Waals surface area contributed by atoms with Crippen LogP contribution < -0.4 is 5.32 Å². The molecule has 0 saturated carbocycles. The Labute approximate surface area is 153 Å². The lowest BCUT2D eigenvalue weighted by molar-refractivity contribution is -0.385. The highest BCUT2D eigenvalue weighted by molar-refractivity contribution is 9.10. The first-order chi connectivity index (χ1) is 11.9. The minimum atomic E-state index is -0.545. The quantitative estimate of drug-likeness (QED) is 0.522. The third-order valence-corrected chi connectivity index (χ3v) is 4.00. The molecule has 1 heterocycles.